The molecule has 2 N–H and O–H groups in total. The van der Waals surface area contributed by atoms with Gasteiger partial charge in [-0.1, -0.05) is 0 Å². The molecule has 0 spiro atoms. The van der Waals surface area contributed by atoms with Crippen LogP contribution in [0.2, 0.25) is 0 Å². The van der Waals surface area contributed by atoms with Crippen molar-refractivity contribution >= 4 is 34.0 Å². The SMILES string of the molecule is CCOC(=O)c1cc(C(=O)NN=Cc2cc(Br)c(O)c(OC)c2)c(C)nc1C. The van der Waals surface area contributed by atoms with Crippen LogP contribution in [-0.2, 0) is 4.74 Å². The van der Waals surface area contributed by atoms with Gasteiger partial charge in [-0.2, -0.15) is 5.10 Å². The molecule has 0 saturated carbocycles. The van der Waals surface area contributed by atoms with Gasteiger partial charge in [0.05, 0.1) is 46.9 Å². The zero-order valence-corrected chi connectivity index (χ0v) is 17.5. The number of aromatic nitrogens is 1. The number of nitrogens with one attached hydrogen (secondary N) is 1. The van der Waals surface area contributed by atoms with Gasteiger partial charge in [-0.3, -0.25) is 9.78 Å². The molecule has 0 aliphatic heterocycles. The molecule has 1 aromatic heterocycles. The summed E-state index contributed by atoms with van der Waals surface area (Å²) in [6, 6.07) is 4.62. The van der Waals surface area contributed by atoms with Crippen molar-refractivity contribution < 1.29 is 24.2 Å². The number of hydrogen-bond acceptors (Lipinski definition) is 7. The van der Waals surface area contributed by atoms with Crippen LogP contribution in [0.25, 0.3) is 0 Å². The lowest BCUT2D eigenvalue weighted by atomic mass is 10.1. The number of hydrazone groups is 1. The van der Waals surface area contributed by atoms with Gasteiger partial charge in [-0.15, -0.1) is 0 Å². The Hall–Kier alpha value is -2.94. The highest BCUT2D eigenvalue weighted by Gasteiger charge is 2.18. The first-order valence-corrected chi connectivity index (χ1v) is 9.13. The van der Waals surface area contributed by atoms with Crippen LogP contribution in [0.1, 0.15) is 44.6 Å². The fourth-order valence-corrected chi connectivity index (χ4v) is 2.88. The molecule has 2 rings (SSSR count). The molecule has 1 aromatic carbocycles. The molecule has 9 heteroatoms. The first-order valence-electron chi connectivity index (χ1n) is 8.33. The van der Waals surface area contributed by atoms with E-state index in [1.54, 1.807) is 32.9 Å². The number of pyridine rings is 1. The molecule has 0 radical (unpaired) electrons. The van der Waals surface area contributed by atoms with E-state index in [2.05, 4.69) is 31.4 Å². The smallest absolute Gasteiger partial charge is 0.339 e. The fraction of sp³-hybridized carbons (Fsp3) is 0.263. The van der Waals surface area contributed by atoms with Crippen LogP contribution in [-0.4, -0.2) is 41.9 Å². The Bertz CT molecular complexity index is 944. The first-order chi connectivity index (χ1) is 13.3. The summed E-state index contributed by atoms with van der Waals surface area (Å²) >= 11 is 3.21. The number of amides is 1. The monoisotopic (exact) mass is 449 g/mol. The standard InChI is InChI=1S/C19H20BrN3O5/c1-5-28-19(26)14-8-13(10(2)22-11(14)3)18(25)23-21-9-12-6-15(20)17(24)16(7-12)27-4/h6-9,24H,5H2,1-4H3,(H,23,25). The van der Waals surface area contributed by atoms with E-state index in [0.29, 0.717) is 21.4 Å². The summed E-state index contributed by atoms with van der Waals surface area (Å²) in [4.78, 5) is 28.7. The highest BCUT2D eigenvalue weighted by atomic mass is 79.9. The molecule has 0 aliphatic carbocycles. The van der Waals surface area contributed by atoms with Gasteiger partial charge < -0.3 is 14.6 Å². The minimum absolute atomic E-state index is 0.0310. The lowest BCUT2D eigenvalue weighted by molar-refractivity contribution is 0.0525. The maximum Gasteiger partial charge on any atom is 0.339 e. The van der Waals surface area contributed by atoms with Crippen molar-refractivity contribution in [2.75, 3.05) is 13.7 Å². The van der Waals surface area contributed by atoms with Crippen molar-refractivity contribution in [3.8, 4) is 11.5 Å². The molecule has 0 aliphatic rings. The first kappa shape index (κ1) is 21.4. The summed E-state index contributed by atoms with van der Waals surface area (Å²) in [7, 11) is 1.43. The number of ether oxygens (including phenoxy) is 2. The molecule has 0 unspecified atom stereocenters. The van der Waals surface area contributed by atoms with E-state index in [1.807, 2.05) is 0 Å². The van der Waals surface area contributed by atoms with Gasteiger partial charge in [-0.25, -0.2) is 10.2 Å². The van der Waals surface area contributed by atoms with Gasteiger partial charge >= 0.3 is 5.97 Å². The Labute approximate surface area is 170 Å². The Morgan fingerprint density at radius 2 is 1.93 bits per heavy atom. The molecule has 0 bridgehead atoms. The largest absolute Gasteiger partial charge is 0.503 e. The number of carbonyl (C=O) groups excluding carboxylic acids is 2. The number of esters is 1. The van der Waals surface area contributed by atoms with E-state index in [1.165, 1.54) is 19.4 Å². The highest BCUT2D eigenvalue weighted by Crippen LogP contribution is 2.34. The van der Waals surface area contributed by atoms with Crippen molar-refractivity contribution in [2.45, 2.75) is 20.8 Å². The van der Waals surface area contributed by atoms with Gasteiger partial charge in [0, 0.05) is 0 Å². The third-order valence-corrected chi connectivity index (χ3v) is 4.40. The van der Waals surface area contributed by atoms with E-state index in [0.717, 1.165) is 0 Å². The summed E-state index contributed by atoms with van der Waals surface area (Å²) < 4.78 is 10.5. The molecule has 0 atom stereocenters. The number of methoxy groups -OCH3 is 1. The van der Waals surface area contributed by atoms with Gasteiger partial charge in [0.1, 0.15) is 0 Å². The second-order valence-electron chi connectivity index (χ2n) is 5.73. The maximum absolute atomic E-state index is 12.5. The number of aryl methyl sites for hydroxylation is 2. The lowest BCUT2D eigenvalue weighted by Crippen LogP contribution is -2.21. The van der Waals surface area contributed by atoms with Crippen molar-refractivity contribution in [3.63, 3.8) is 0 Å². The Morgan fingerprint density at radius 1 is 1.25 bits per heavy atom. The lowest BCUT2D eigenvalue weighted by Gasteiger charge is -2.10. The van der Waals surface area contributed by atoms with E-state index >= 15 is 0 Å². The topological polar surface area (TPSA) is 110 Å². The van der Waals surface area contributed by atoms with Crippen LogP contribution >= 0.6 is 15.9 Å². The fourth-order valence-electron chi connectivity index (χ4n) is 2.42. The summed E-state index contributed by atoms with van der Waals surface area (Å²) in [5.41, 5.74) is 4.38. The molecule has 1 heterocycles. The number of phenolic OH excluding ortho intramolecular Hbond substituents is 1. The Kier molecular flexibility index (Phi) is 7.11. The third kappa shape index (κ3) is 4.86. The van der Waals surface area contributed by atoms with Crippen molar-refractivity contribution in [3.05, 3.63) is 50.8 Å². The van der Waals surface area contributed by atoms with Crippen LogP contribution < -0.4 is 10.2 Å². The van der Waals surface area contributed by atoms with Crippen LogP contribution in [0.3, 0.4) is 0 Å². The quantitative estimate of drug-likeness (QED) is 0.398. The summed E-state index contributed by atoms with van der Waals surface area (Å²) in [5, 5.41) is 13.7. The minimum Gasteiger partial charge on any atom is -0.503 e. The molecule has 1 amide bonds. The zero-order valence-electron chi connectivity index (χ0n) is 15.9. The van der Waals surface area contributed by atoms with E-state index in [9.17, 15) is 14.7 Å². The molecule has 28 heavy (non-hydrogen) atoms. The van der Waals surface area contributed by atoms with Gasteiger partial charge in [0.25, 0.3) is 5.91 Å². The molecule has 0 fully saturated rings. The number of carbonyl (C=O) groups is 2. The van der Waals surface area contributed by atoms with Crippen molar-refractivity contribution in [1.82, 2.24) is 10.4 Å². The highest BCUT2D eigenvalue weighted by molar-refractivity contribution is 9.10. The van der Waals surface area contributed by atoms with Gasteiger partial charge in [0.2, 0.25) is 0 Å². The summed E-state index contributed by atoms with van der Waals surface area (Å²) in [6.07, 6.45) is 1.40. The predicted molar refractivity (Wildman–Crippen MR) is 107 cm³/mol. The Morgan fingerprint density at radius 3 is 2.57 bits per heavy atom. The van der Waals surface area contributed by atoms with E-state index in [4.69, 9.17) is 9.47 Å². The number of benzene rings is 1. The molecule has 2 aromatic rings. The van der Waals surface area contributed by atoms with Gasteiger partial charge in [-0.05, 0) is 60.5 Å². The van der Waals surface area contributed by atoms with Crippen LogP contribution in [0, 0.1) is 13.8 Å². The molecule has 8 nitrogen and oxygen atoms in total. The van der Waals surface area contributed by atoms with Crippen LogP contribution in [0.15, 0.2) is 27.8 Å². The average Bonchev–Trinajstić information content (AvgIpc) is 2.64. The predicted octanol–water partition coefficient (Wildman–Crippen LogP) is 3.12. The normalized spacial score (nSPS) is 10.8. The minimum atomic E-state index is -0.536. The molecular weight excluding hydrogens is 430 g/mol. The van der Waals surface area contributed by atoms with E-state index < -0.39 is 11.9 Å². The summed E-state index contributed by atoms with van der Waals surface area (Å²) in [6.45, 7) is 5.27. The van der Waals surface area contributed by atoms with Crippen LogP contribution in [0.4, 0.5) is 0 Å². The number of rotatable bonds is 6. The zero-order chi connectivity index (χ0) is 20.8. The third-order valence-electron chi connectivity index (χ3n) is 3.79. The maximum atomic E-state index is 12.5. The molecule has 148 valence electrons. The number of phenols is 1. The Balaban J connectivity index is 2.21. The van der Waals surface area contributed by atoms with Crippen molar-refractivity contribution in [1.29, 1.82) is 0 Å². The number of hydrogen-bond donors (Lipinski definition) is 2. The van der Waals surface area contributed by atoms with Crippen molar-refractivity contribution in [2.24, 2.45) is 5.10 Å². The summed E-state index contributed by atoms with van der Waals surface area (Å²) in [5.74, 6) is -0.820. The number of nitrogens with zero attached hydrogens (tertiary/aromatic N) is 2. The van der Waals surface area contributed by atoms with Crippen LogP contribution in [0.5, 0.6) is 11.5 Å². The molecule has 0 saturated heterocycles. The number of aromatic hydroxyl groups is 1. The second-order valence-corrected chi connectivity index (χ2v) is 6.58. The molecular formula is C19H20BrN3O5. The van der Waals surface area contributed by atoms with Gasteiger partial charge in [0.15, 0.2) is 11.5 Å². The average molecular weight is 450 g/mol. The number of halogens is 1. The second kappa shape index (κ2) is 9.32. The van der Waals surface area contributed by atoms with E-state index in [-0.39, 0.29) is 29.2 Å².